The minimum Gasteiger partial charge on any atom is -0.468 e. The Morgan fingerprint density at radius 2 is 1.94 bits per heavy atom. The van der Waals surface area contributed by atoms with Gasteiger partial charge < -0.3 is 19.6 Å². The van der Waals surface area contributed by atoms with Gasteiger partial charge in [0.05, 0.1) is 12.3 Å². The first-order chi connectivity index (χ1) is 15.8. The molecule has 7 nitrogen and oxygen atoms in total. The lowest BCUT2D eigenvalue weighted by atomic mass is 10.1. The van der Waals surface area contributed by atoms with Gasteiger partial charge in [-0.05, 0) is 43.6 Å². The number of nitrogens with zero attached hydrogens (tertiary/aromatic N) is 4. The molecule has 3 heterocycles. The van der Waals surface area contributed by atoms with Crippen molar-refractivity contribution in [2.24, 2.45) is 4.99 Å². The zero-order chi connectivity index (χ0) is 22.0. The van der Waals surface area contributed by atoms with Crippen molar-refractivity contribution >= 4 is 5.96 Å². The molecule has 0 saturated carbocycles. The number of aromatic nitrogens is 2. The van der Waals surface area contributed by atoms with Crippen LogP contribution in [0.25, 0.3) is 0 Å². The lowest BCUT2D eigenvalue weighted by Crippen LogP contribution is -2.44. The van der Waals surface area contributed by atoms with Gasteiger partial charge in [-0.25, -0.2) is 4.98 Å². The predicted molar refractivity (Wildman–Crippen MR) is 128 cm³/mol. The van der Waals surface area contributed by atoms with Crippen molar-refractivity contribution in [2.75, 3.05) is 33.2 Å². The smallest absolute Gasteiger partial charge is 0.191 e. The molecule has 32 heavy (non-hydrogen) atoms. The molecule has 0 spiro atoms. The van der Waals surface area contributed by atoms with E-state index < -0.39 is 0 Å². The summed E-state index contributed by atoms with van der Waals surface area (Å²) >= 11 is 0. The van der Waals surface area contributed by atoms with Crippen molar-refractivity contribution in [1.29, 1.82) is 0 Å². The number of rotatable bonds is 9. The second kappa shape index (κ2) is 11.5. The first-order valence-corrected chi connectivity index (χ1v) is 11.6. The van der Waals surface area contributed by atoms with Crippen LogP contribution in [0, 0.1) is 0 Å². The molecule has 1 fully saturated rings. The zero-order valence-electron chi connectivity index (χ0n) is 18.9. The van der Waals surface area contributed by atoms with E-state index in [2.05, 4.69) is 60.4 Å². The summed E-state index contributed by atoms with van der Waals surface area (Å²) in [6, 6.07) is 14.7. The molecule has 2 N–H and O–H groups in total. The maximum absolute atomic E-state index is 5.75. The maximum Gasteiger partial charge on any atom is 0.191 e. The van der Waals surface area contributed by atoms with Crippen molar-refractivity contribution in [3.63, 3.8) is 0 Å². The van der Waals surface area contributed by atoms with E-state index in [-0.39, 0.29) is 6.04 Å². The van der Waals surface area contributed by atoms with Crippen LogP contribution in [0.5, 0.6) is 0 Å². The quantitative estimate of drug-likeness (QED) is 0.399. The van der Waals surface area contributed by atoms with Crippen molar-refractivity contribution in [2.45, 2.75) is 38.3 Å². The van der Waals surface area contributed by atoms with Gasteiger partial charge in [0.1, 0.15) is 11.6 Å². The number of aliphatic imine (C=N–C) groups is 1. The van der Waals surface area contributed by atoms with Crippen molar-refractivity contribution < 1.29 is 4.42 Å². The average molecular weight is 435 g/mol. The molecule has 1 aliphatic rings. The second-order valence-electron chi connectivity index (χ2n) is 8.21. The third-order valence-electron chi connectivity index (χ3n) is 6.03. The molecule has 4 rings (SSSR count). The summed E-state index contributed by atoms with van der Waals surface area (Å²) in [6.07, 6.45) is 10.3. The number of hydrogen-bond acceptors (Lipinski definition) is 4. The summed E-state index contributed by atoms with van der Waals surface area (Å²) in [7, 11) is 1.81. The van der Waals surface area contributed by atoms with Gasteiger partial charge in [-0.3, -0.25) is 9.89 Å². The number of furan rings is 1. The van der Waals surface area contributed by atoms with Gasteiger partial charge in [0.15, 0.2) is 5.96 Å². The second-order valence-corrected chi connectivity index (χ2v) is 8.21. The van der Waals surface area contributed by atoms with E-state index in [1.165, 1.54) is 24.8 Å². The summed E-state index contributed by atoms with van der Waals surface area (Å²) in [5.41, 5.74) is 1.28. The van der Waals surface area contributed by atoms with Crippen molar-refractivity contribution in [3.8, 4) is 0 Å². The van der Waals surface area contributed by atoms with Gasteiger partial charge in [0.25, 0.3) is 0 Å². The highest BCUT2D eigenvalue weighted by molar-refractivity contribution is 5.79. The standard InChI is InChI=1S/C25H34N6O/c1-26-25(29-19-22(23-11-8-18-32-23)30-15-6-3-7-16-30)28-13-12-24-27-14-17-31(24)20-21-9-4-2-5-10-21/h2,4-5,8-11,14,17-18,22H,3,6-7,12-13,15-16,19-20H2,1H3,(H2,26,28,29). The molecular formula is C25H34N6O. The Labute approximate surface area is 190 Å². The third kappa shape index (κ3) is 6.01. The number of nitrogens with one attached hydrogen (secondary N) is 2. The van der Waals surface area contributed by atoms with Crippen LogP contribution in [0.1, 0.15) is 42.5 Å². The van der Waals surface area contributed by atoms with Crippen LogP contribution in [0.4, 0.5) is 0 Å². The van der Waals surface area contributed by atoms with Gasteiger partial charge in [-0.2, -0.15) is 0 Å². The number of hydrogen-bond donors (Lipinski definition) is 2. The molecule has 0 radical (unpaired) electrons. The lowest BCUT2D eigenvalue weighted by Gasteiger charge is -2.33. The third-order valence-corrected chi connectivity index (χ3v) is 6.03. The fourth-order valence-electron chi connectivity index (χ4n) is 4.32. The Balaban J connectivity index is 1.28. The van der Waals surface area contributed by atoms with Gasteiger partial charge in [0.2, 0.25) is 0 Å². The SMILES string of the molecule is CN=C(NCCc1nccn1Cc1ccccc1)NCC(c1ccco1)N1CCCCC1. The van der Waals surface area contributed by atoms with E-state index in [1.807, 2.05) is 31.6 Å². The van der Waals surface area contributed by atoms with Crippen LogP contribution in [-0.4, -0.2) is 53.6 Å². The van der Waals surface area contributed by atoms with E-state index in [9.17, 15) is 0 Å². The van der Waals surface area contributed by atoms with Crippen molar-refractivity contribution in [3.05, 3.63) is 78.3 Å². The monoisotopic (exact) mass is 434 g/mol. The van der Waals surface area contributed by atoms with E-state index in [4.69, 9.17) is 4.42 Å². The highest BCUT2D eigenvalue weighted by atomic mass is 16.3. The molecule has 170 valence electrons. The predicted octanol–water partition coefficient (Wildman–Crippen LogP) is 3.46. The Morgan fingerprint density at radius 1 is 1.09 bits per heavy atom. The summed E-state index contributed by atoms with van der Waals surface area (Å²) in [5, 5.41) is 6.94. The maximum atomic E-state index is 5.75. The molecule has 7 heteroatoms. The topological polar surface area (TPSA) is 70.6 Å². The molecule has 0 aliphatic carbocycles. The normalized spacial score (nSPS) is 16.1. The summed E-state index contributed by atoms with van der Waals surface area (Å²) < 4.78 is 7.96. The molecule has 0 bridgehead atoms. The van der Waals surface area contributed by atoms with Gasteiger partial charge >= 0.3 is 0 Å². The molecule has 1 saturated heterocycles. The Morgan fingerprint density at radius 3 is 2.69 bits per heavy atom. The van der Waals surface area contributed by atoms with E-state index in [0.29, 0.717) is 0 Å². The minimum absolute atomic E-state index is 0.216. The van der Waals surface area contributed by atoms with Gasteiger partial charge in [-0.1, -0.05) is 36.8 Å². The molecule has 1 aliphatic heterocycles. The molecule has 1 aromatic carbocycles. The average Bonchev–Trinajstić information content (AvgIpc) is 3.52. The Bertz CT molecular complexity index is 944. The van der Waals surface area contributed by atoms with Crippen LogP contribution in [0.15, 0.2) is 70.5 Å². The first-order valence-electron chi connectivity index (χ1n) is 11.6. The van der Waals surface area contributed by atoms with Gasteiger partial charge in [-0.15, -0.1) is 0 Å². The molecular weight excluding hydrogens is 400 g/mol. The van der Waals surface area contributed by atoms with Crippen LogP contribution >= 0.6 is 0 Å². The molecule has 3 aromatic rings. The minimum atomic E-state index is 0.216. The summed E-state index contributed by atoms with van der Waals surface area (Å²) in [4.78, 5) is 11.5. The van der Waals surface area contributed by atoms with Crippen molar-refractivity contribution in [1.82, 2.24) is 25.1 Å². The van der Waals surface area contributed by atoms with Crippen LogP contribution in [0.2, 0.25) is 0 Å². The van der Waals surface area contributed by atoms with Crippen LogP contribution in [0.3, 0.4) is 0 Å². The summed E-state index contributed by atoms with van der Waals surface area (Å²) in [6.45, 7) is 4.59. The van der Waals surface area contributed by atoms with E-state index in [1.54, 1.807) is 6.26 Å². The molecule has 0 amide bonds. The largest absolute Gasteiger partial charge is 0.468 e. The van der Waals surface area contributed by atoms with Crippen LogP contribution < -0.4 is 10.6 Å². The summed E-state index contributed by atoms with van der Waals surface area (Å²) in [5.74, 6) is 2.89. The van der Waals surface area contributed by atoms with Crippen LogP contribution in [-0.2, 0) is 13.0 Å². The molecule has 2 aromatic heterocycles. The van der Waals surface area contributed by atoms with E-state index >= 15 is 0 Å². The zero-order valence-corrected chi connectivity index (χ0v) is 18.9. The Kier molecular flexibility index (Phi) is 7.98. The highest BCUT2D eigenvalue weighted by Gasteiger charge is 2.24. The molecule has 1 unspecified atom stereocenters. The molecule has 1 atom stereocenters. The highest BCUT2D eigenvalue weighted by Crippen LogP contribution is 2.24. The first kappa shape index (κ1) is 22.1. The number of likely N-dealkylation sites (tertiary alicyclic amines) is 1. The number of piperidine rings is 1. The number of imidazole rings is 1. The fraction of sp³-hybridized carbons (Fsp3) is 0.440. The fourth-order valence-corrected chi connectivity index (χ4v) is 4.32. The number of guanidine groups is 1. The Hall–Kier alpha value is -3.06. The lowest BCUT2D eigenvalue weighted by molar-refractivity contribution is 0.146. The van der Waals surface area contributed by atoms with Gasteiger partial charge in [0, 0.05) is 45.5 Å². The van der Waals surface area contributed by atoms with E-state index in [0.717, 1.165) is 56.7 Å². The number of benzene rings is 1.